The number of carbonyl (C=O) groups is 1. The highest BCUT2D eigenvalue weighted by Crippen LogP contribution is 2.30. The molecule has 6 nitrogen and oxygen atoms in total. The quantitative estimate of drug-likeness (QED) is 0.476. The smallest absolute Gasteiger partial charge is 0.341 e. The van der Waals surface area contributed by atoms with Crippen LogP contribution in [0.3, 0.4) is 0 Å². The molecule has 0 aliphatic carbocycles. The van der Waals surface area contributed by atoms with E-state index in [4.69, 9.17) is 4.74 Å². The van der Waals surface area contributed by atoms with Crippen molar-refractivity contribution in [3.05, 3.63) is 11.6 Å². The highest BCUT2D eigenvalue weighted by atomic mass is 16.6. The van der Waals surface area contributed by atoms with Crippen molar-refractivity contribution in [1.29, 1.82) is 0 Å². The summed E-state index contributed by atoms with van der Waals surface area (Å²) in [6.07, 6.45) is 1.03. The molecule has 0 spiro atoms. The van der Waals surface area contributed by atoms with Gasteiger partial charge in [-0.15, -0.1) is 0 Å². The van der Waals surface area contributed by atoms with Crippen LogP contribution < -0.4 is 0 Å². The molecule has 1 fully saturated rings. The van der Waals surface area contributed by atoms with Crippen molar-refractivity contribution in [2.45, 2.75) is 51.0 Å². The number of aliphatic hydroxyl groups is 3. The zero-order chi connectivity index (χ0) is 15.8. The van der Waals surface area contributed by atoms with Crippen LogP contribution in [0.25, 0.3) is 0 Å². The third kappa shape index (κ3) is 2.85. The Hall–Kier alpha value is -0.950. The van der Waals surface area contributed by atoms with Gasteiger partial charge in [0.15, 0.2) is 5.60 Å². The molecule has 2 aliphatic rings. The summed E-state index contributed by atoms with van der Waals surface area (Å²) in [6.45, 7) is 6.32. The molecule has 0 aromatic heterocycles. The van der Waals surface area contributed by atoms with Gasteiger partial charge in [-0.1, -0.05) is 19.9 Å². The highest BCUT2D eigenvalue weighted by Gasteiger charge is 2.46. The first-order valence-electron chi connectivity index (χ1n) is 7.47. The maximum Gasteiger partial charge on any atom is 0.341 e. The number of ether oxygens (including phenoxy) is 1. The zero-order valence-corrected chi connectivity index (χ0v) is 12.8. The van der Waals surface area contributed by atoms with E-state index in [1.807, 2.05) is 6.08 Å². The van der Waals surface area contributed by atoms with Gasteiger partial charge in [-0.25, -0.2) is 4.79 Å². The summed E-state index contributed by atoms with van der Waals surface area (Å²) in [6, 6.07) is -0.0866. The Balaban J connectivity index is 1.98. The van der Waals surface area contributed by atoms with E-state index in [1.54, 1.807) is 13.8 Å². The number of aliphatic hydroxyl groups excluding tert-OH is 2. The van der Waals surface area contributed by atoms with E-state index in [1.165, 1.54) is 6.92 Å². The van der Waals surface area contributed by atoms with Crippen molar-refractivity contribution >= 4 is 5.97 Å². The van der Waals surface area contributed by atoms with E-state index in [0.717, 1.165) is 25.1 Å². The van der Waals surface area contributed by atoms with E-state index in [0.29, 0.717) is 0 Å². The molecular formula is C15H25NO5. The van der Waals surface area contributed by atoms with Crippen LogP contribution in [-0.4, -0.2) is 69.7 Å². The fourth-order valence-corrected chi connectivity index (χ4v) is 3.18. The van der Waals surface area contributed by atoms with E-state index in [-0.39, 0.29) is 12.6 Å². The molecule has 1 saturated heterocycles. The monoisotopic (exact) mass is 299 g/mol. The molecule has 4 atom stereocenters. The molecule has 0 unspecified atom stereocenters. The van der Waals surface area contributed by atoms with Gasteiger partial charge in [0.05, 0.1) is 18.2 Å². The second-order valence-electron chi connectivity index (χ2n) is 6.31. The Morgan fingerprint density at radius 1 is 1.52 bits per heavy atom. The number of hydrogen-bond acceptors (Lipinski definition) is 6. The predicted molar refractivity (Wildman–Crippen MR) is 76.5 cm³/mol. The minimum atomic E-state index is -1.91. The van der Waals surface area contributed by atoms with E-state index in [2.05, 4.69) is 4.90 Å². The molecule has 0 radical (unpaired) electrons. The largest absolute Gasteiger partial charge is 0.459 e. The second-order valence-corrected chi connectivity index (χ2v) is 6.31. The number of rotatable bonds is 5. The molecular weight excluding hydrogens is 274 g/mol. The average Bonchev–Trinajstić information content (AvgIpc) is 2.98. The zero-order valence-electron chi connectivity index (χ0n) is 12.8. The van der Waals surface area contributed by atoms with Gasteiger partial charge in [-0.3, -0.25) is 4.90 Å². The molecule has 0 amide bonds. The normalized spacial score (nSPS) is 30.0. The molecule has 3 N–H and O–H groups in total. The third-order valence-corrected chi connectivity index (χ3v) is 4.65. The van der Waals surface area contributed by atoms with Gasteiger partial charge in [-0.05, 0) is 24.8 Å². The lowest BCUT2D eigenvalue weighted by Gasteiger charge is -2.32. The van der Waals surface area contributed by atoms with Crippen molar-refractivity contribution in [2.75, 3.05) is 19.7 Å². The molecule has 0 aromatic rings. The Kier molecular flexibility index (Phi) is 4.72. The number of nitrogens with zero attached hydrogens (tertiary/aromatic N) is 1. The average molecular weight is 299 g/mol. The highest BCUT2D eigenvalue weighted by molar-refractivity contribution is 5.80. The van der Waals surface area contributed by atoms with Gasteiger partial charge >= 0.3 is 5.97 Å². The van der Waals surface area contributed by atoms with Gasteiger partial charge in [0.25, 0.3) is 0 Å². The Morgan fingerprint density at radius 3 is 2.76 bits per heavy atom. The van der Waals surface area contributed by atoms with Crippen molar-refractivity contribution in [2.24, 2.45) is 5.92 Å². The molecule has 2 heterocycles. The van der Waals surface area contributed by atoms with Crippen molar-refractivity contribution in [3.8, 4) is 0 Å². The number of esters is 1. The first kappa shape index (κ1) is 16.4. The van der Waals surface area contributed by atoms with Gasteiger partial charge in [0, 0.05) is 13.1 Å². The molecule has 21 heavy (non-hydrogen) atoms. The second kappa shape index (κ2) is 6.04. The maximum atomic E-state index is 12.1. The molecule has 120 valence electrons. The van der Waals surface area contributed by atoms with Crippen LogP contribution in [0.5, 0.6) is 0 Å². The number of fused-ring (bicyclic) bond motifs is 1. The fourth-order valence-electron chi connectivity index (χ4n) is 3.18. The van der Waals surface area contributed by atoms with E-state index >= 15 is 0 Å². The van der Waals surface area contributed by atoms with Gasteiger partial charge in [0.2, 0.25) is 0 Å². The summed E-state index contributed by atoms with van der Waals surface area (Å²) < 4.78 is 5.22. The summed E-state index contributed by atoms with van der Waals surface area (Å²) in [7, 11) is 0. The lowest BCUT2D eigenvalue weighted by atomic mass is 9.85. The van der Waals surface area contributed by atoms with Crippen LogP contribution in [0, 0.1) is 5.92 Å². The Bertz CT molecular complexity index is 424. The molecule has 6 heteroatoms. The van der Waals surface area contributed by atoms with Gasteiger partial charge in [-0.2, -0.15) is 0 Å². The van der Waals surface area contributed by atoms with E-state index in [9.17, 15) is 20.1 Å². The van der Waals surface area contributed by atoms with Crippen LogP contribution in [-0.2, 0) is 9.53 Å². The molecule has 2 aliphatic heterocycles. The Morgan fingerprint density at radius 2 is 2.19 bits per heavy atom. The summed E-state index contributed by atoms with van der Waals surface area (Å²) in [5.74, 6) is -1.28. The maximum absolute atomic E-state index is 12.1. The van der Waals surface area contributed by atoms with Crippen LogP contribution in [0.2, 0.25) is 0 Å². The summed E-state index contributed by atoms with van der Waals surface area (Å²) in [5.41, 5.74) is -1.04. The van der Waals surface area contributed by atoms with Crippen molar-refractivity contribution in [3.63, 3.8) is 0 Å². The summed E-state index contributed by atoms with van der Waals surface area (Å²) in [5, 5.41) is 30.0. The minimum Gasteiger partial charge on any atom is -0.459 e. The van der Waals surface area contributed by atoms with Gasteiger partial charge < -0.3 is 20.1 Å². The standard InChI is InChI=1S/C15H25NO5/c1-9(2)15(20,10(3)17)14(19)21-8-11-4-6-16-7-5-12(18)13(11)16/h4,9-10,12-13,17-18,20H,5-8H2,1-3H3/t10-,12+,13-,15+/m1/s1. The van der Waals surface area contributed by atoms with Crippen LogP contribution >= 0.6 is 0 Å². The number of carbonyl (C=O) groups excluding carboxylic acids is 1. The lowest BCUT2D eigenvalue weighted by Crippen LogP contribution is -2.53. The number of hydrogen-bond donors (Lipinski definition) is 3. The lowest BCUT2D eigenvalue weighted by molar-refractivity contribution is -0.183. The van der Waals surface area contributed by atoms with Crippen molar-refractivity contribution in [1.82, 2.24) is 4.90 Å². The molecule has 0 saturated carbocycles. The first-order valence-corrected chi connectivity index (χ1v) is 7.47. The van der Waals surface area contributed by atoms with Gasteiger partial charge in [0.1, 0.15) is 6.61 Å². The summed E-state index contributed by atoms with van der Waals surface area (Å²) in [4.78, 5) is 14.3. The minimum absolute atomic E-state index is 0.0405. The van der Waals surface area contributed by atoms with E-state index < -0.39 is 29.7 Å². The van der Waals surface area contributed by atoms with Crippen LogP contribution in [0.15, 0.2) is 11.6 Å². The van der Waals surface area contributed by atoms with Crippen LogP contribution in [0.4, 0.5) is 0 Å². The third-order valence-electron chi connectivity index (χ3n) is 4.65. The Labute approximate surface area is 125 Å². The SMILES string of the molecule is CC(C)[C@@](O)(C(=O)OCC1=CCN2CC[C@H](O)[C@@H]12)[C@@H](C)O. The molecule has 0 bridgehead atoms. The van der Waals surface area contributed by atoms with Crippen molar-refractivity contribution < 1.29 is 24.9 Å². The fraction of sp³-hybridized carbons (Fsp3) is 0.800. The molecule has 2 rings (SSSR count). The first-order chi connectivity index (χ1) is 9.78. The predicted octanol–water partition coefficient (Wildman–Crippen LogP) is -0.327. The molecule has 0 aromatic carbocycles. The summed E-state index contributed by atoms with van der Waals surface area (Å²) >= 11 is 0. The topological polar surface area (TPSA) is 90.2 Å². The van der Waals surface area contributed by atoms with Crippen LogP contribution in [0.1, 0.15) is 27.2 Å².